The molecule has 0 aromatic carbocycles. The quantitative estimate of drug-likeness (QED) is 0.799. The monoisotopic (exact) mass is 271 g/mol. The third-order valence-electron chi connectivity index (χ3n) is 2.82. The molecule has 2 heterocycles. The van der Waals surface area contributed by atoms with Gasteiger partial charge in [-0.25, -0.2) is 4.68 Å². The van der Waals surface area contributed by atoms with Gasteiger partial charge in [-0.1, -0.05) is 19.9 Å². The van der Waals surface area contributed by atoms with Crippen LogP contribution >= 0.6 is 0 Å². The van der Waals surface area contributed by atoms with E-state index in [1.54, 1.807) is 18.3 Å². The molecule has 0 N–H and O–H groups in total. The molecule has 0 atom stereocenters. The highest BCUT2D eigenvalue weighted by atomic mass is 16.1. The summed E-state index contributed by atoms with van der Waals surface area (Å²) in [5.74, 6) is 0.00563. The molecule has 2 aromatic heterocycles. The van der Waals surface area contributed by atoms with Crippen LogP contribution in [0.15, 0.2) is 35.3 Å². The maximum Gasteiger partial charge on any atom is 0.277 e. The van der Waals surface area contributed by atoms with Crippen molar-refractivity contribution < 1.29 is 4.79 Å². The van der Waals surface area contributed by atoms with Crippen LogP contribution in [-0.4, -0.2) is 20.5 Å². The fourth-order valence-electron chi connectivity index (χ4n) is 1.90. The van der Waals surface area contributed by atoms with Gasteiger partial charge in [0.25, 0.3) is 5.56 Å². The summed E-state index contributed by atoms with van der Waals surface area (Å²) < 4.78 is 1.35. The first-order chi connectivity index (χ1) is 9.49. The lowest BCUT2D eigenvalue weighted by atomic mass is 10.1. The number of hydrogen-bond acceptors (Lipinski definition) is 4. The minimum Gasteiger partial charge on any atom is -0.294 e. The second-order valence-corrected chi connectivity index (χ2v) is 5.10. The fourth-order valence-corrected chi connectivity index (χ4v) is 1.90. The molecule has 0 spiro atoms. The van der Waals surface area contributed by atoms with Crippen LogP contribution in [0.3, 0.4) is 0 Å². The van der Waals surface area contributed by atoms with Crippen molar-refractivity contribution in [3.8, 4) is 11.4 Å². The summed E-state index contributed by atoms with van der Waals surface area (Å²) in [4.78, 5) is 28.0. The van der Waals surface area contributed by atoms with Crippen LogP contribution in [0.25, 0.3) is 11.4 Å². The van der Waals surface area contributed by atoms with E-state index in [2.05, 4.69) is 10.1 Å². The molecule has 5 nitrogen and oxygen atoms in total. The van der Waals surface area contributed by atoms with Crippen molar-refractivity contribution in [1.29, 1.82) is 0 Å². The number of ketones is 1. The zero-order valence-electron chi connectivity index (χ0n) is 11.8. The molecule has 2 rings (SSSR count). The molecule has 0 saturated carbocycles. The molecule has 0 radical (unpaired) electrons. The van der Waals surface area contributed by atoms with Crippen LogP contribution < -0.4 is 5.56 Å². The molecular weight excluding hydrogens is 254 g/mol. The predicted octanol–water partition coefficient (Wildman–Crippen LogP) is 2.16. The van der Waals surface area contributed by atoms with Gasteiger partial charge in [0.05, 0.1) is 11.3 Å². The Morgan fingerprint density at radius 2 is 2.05 bits per heavy atom. The third kappa shape index (κ3) is 2.99. The number of pyridine rings is 1. The Labute approximate surface area is 117 Å². The van der Waals surface area contributed by atoms with E-state index in [-0.39, 0.29) is 22.8 Å². The first-order valence-corrected chi connectivity index (χ1v) is 6.53. The summed E-state index contributed by atoms with van der Waals surface area (Å²) in [5.41, 5.74) is 0.996. The first-order valence-electron chi connectivity index (χ1n) is 6.53. The Balaban J connectivity index is 2.62. The van der Waals surface area contributed by atoms with Gasteiger partial charge in [0.2, 0.25) is 0 Å². The molecule has 5 heteroatoms. The van der Waals surface area contributed by atoms with Crippen LogP contribution in [0.4, 0.5) is 0 Å². The number of hydrogen-bond donors (Lipinski definition) is 0. The molecule has 0 amide bonds. The van der Waals surface area contributed by atoms with Crippen LogP contribution in [0.5, 0.6) is 0 Å². The summed E-state index contributed by atoms with van der Waals surface area (Å²) in [5, 5.41) is 4.32. The molecule has 0 saturated heterocycles. The van der Waals surface area contributed by atoms with Crippen molar-refractivity contribution in [3.63, 3.8) is 0 Å². The van der Waals surface area contributed by atoms with E-state index < -0.39 is 0 Å². The Morgan fingerprint density at radius 1 is 1.30 bits per heavy atom. The number of aromatic nitrogens is 3. The van der Waals surface area contributed by atoms with Crippen LogP contribution in [0.2, 0.25) is 0 Å². The highest BCUT2D eigenvalue weighted by molar-refractivity contribution is 5.94. The topological polar surface area (TPSA) is 64.8 Å². The van der Waals surface area contributed by atoms with Gasteiger partial charge in [-0.15, -0.1) is 0 Å². The minimum atomic E-state index is -0.342. The maximum atomic E-state index is 12.2. The van der Waals surface area contributed by atoms with Gasteiger partial charge in [-0.05, 0) is 31.0 Å². The lowest BCUT2D eigenvalue weighted by Gasteiger charge is -2.11. The van der Waals surface area contributed by atoms with Crippen LogP contribution in [0, 0.1) is 5.92 Å². The second kappa shape index (κ2) is 5.77. The third-order valence-corrected chi connectivity index (χ3v) is 2.82. The Morgan fingerprint density at radius 3 is 2.60 bits per heavy atom. The van der Waals surface area contributed by atoms with E-state index in [1.807, 2.05) is 19.9 Å². The van der Waals surface area contributed by atoms with Gasteiger partial charge in [0, 0.05) is 12.7 Å². The summed E-state index contributed by atoms with van der Waals surface area (Å²) in [6, 6.07) is 6.97. The summed E-state index contributed by atoms with van der Waals surface area (Å²) in [6.07, 6.45) is 1.66. The van der Waals surface area contributed by atoms with Crippen molar-refractivity contribution in [2.75, 3.05) is 0 Å². The summed E-state index contributed by atoms with van der Waals surface area (Å²) in [6.45, 7) is 5.85. The van der Waals surface area contributed by atoms with Gasteiger partial charge >= 0.3 is 0 Å². The average Bonchev–Trinajstić information content (AvgIpc) is 2.41. The number of carbonyl (C=O) groups is 1. The Hall–Kier alpha value is -2.30. The number of carbonyl (C=O) groups excluding carboxylic acids is 1. The van der Waals surface area contributed by atoms with Gasteiger partial charge in [-0.2, -0.15) is 5.10 Å². The minimum absolute atomic E-state index is 0.154. The van der Waals surface area contributed by atoms with Crippen molar-refractivity contribution in [2.24, 2.45) is 5.92 Å². The Bertz CT molecular complexity index is 675. The van der Waals surface area contributed by atoms with Crippen LogP contribution in [0.1, 0.15) is 31.1 Å². The SMILES string of the molecule is CC(=O)c1cc(-c2ccccn2)nn(CC(C)C)c1=O. The van der Waals surface area contributed by atoms with Gasteiger partial charge in [0.1, 0.15) is 5.69 Å². The maximum absolute atomic E-state index is 12.2. The zero-order valence-corrected chi connectivity index (χ0v) is 11.8. The average molecular weight is 271 g/mol. The molecule has 0 aliphatic heterocycles. The lowest BCUT2D eigenvalue weighted by molar-refractivity contribution is 0.101. The van der Waals surface area contributed by atoms with Gasteiger partial charge < -0.3 is 0 Å². The molecule has 0 unspecified atom stereocenters. The number of Topliss-reactive ketones (excluding diaryl/α,β-unsaturated/α-hetero) is 1. The van der Waals surface area contributed by atoms with E-state index in [0.29, 0.717) is 17.9 Å². The predicted molar refractivity (Wildman–Crippen MR) is 76.6 cm³/mol. The van der Waals surface area contributed by atoms with Gasteiger partial charge in [0.15, 0.2) is 5.78 Å². The van der Waals surface area contributed by atoms with E-state index in [9.17, 15) is 9.59 Å². The lowest BCUT2D eigenvalue weighted by Crippen LogP contribution is -2.30. The fraction of sp³-hybridized carbons (Fsp3) is 0.333. The van der Waals surface area contributed by atoms with E-state index in [1.165, 1.54) is 17.7 Å². The number of rotatable bonds is 4. The summed E-state index contributed by atoms with van der Waals surface area (Å²) in [7, 11) is 0. The van der Waals surface area contributed by atoms with E-state index in [4.69, 9.17) is 0 Å². The van der Waals surface area contributed by atoms with Crippen molar-refractivity contribution >= 4 is 5.78 Å². The summed E-state index contributed by atoms with van der Waals surface area (Å²) >= 11 is 0. The standard InChI is InChI=1S/C15H17N3O2/c1-10(2)9-18-15(20)12(11(3)19)8-14(17-18)13-6-4-5-7-16-13/h4-8,10H,9H2,1-3H3. The molecular formula is C15H17N3O2. The normalized spacial score (nSPS) is 10.8. The highest BCUT2D eigenvalue weighted by Gasteiger charge is 2.14. The van der Waals surface area contributed by atoms with Crippen molar-refractivity contribution in [1.82, 2.24) is 14.8 Å². The molecule has 104 valence electrons. The molecule has 0 fully saturated rings. The molecule has 0 aliphatic rings. The molecule has 2 aromatic rings. The molecule has 20 heavy (non-hydrogen) atoms. The van der Waals surface area contributed by atoms with Crippen molar-refractivity contribution in [2.45, 2.75) is 27.3 Å². The van der Waals surface area contributed by atoms with E-state index in [0.717, 1.165) is 0 Å². The largest absolute Gasteiger partial charge is 0.294 e. The smallest absolute Gasteiger partial charge is 0.277 e. The van der Waals surface area contributed by atoms with Crippen molar-refractivity contribution in [3.05, 3.63) is 46.4 Å². The number of nitrogens with zero attached hydrogens (tertiary/aromatic N) is 3. The Kier molecular flexibility index (Phi) is 4.08. The van der Waals surface area contributed by atoms with Gasteiger partial charge in [-0.3, -0.25) is 14.6 Å². The van der Waals surface area contributed by atoms with E-state index >= 15 is 0 Å². The van der Waals surface area contributed by atoms with Crippen LogP contribution in [-0.2, 0) is 6.54 Å². The first kappa shape index (κ1) is 14.1. The zero-order chi connectivity index (χ0) is 14.7. The molecule has 0 aliphatic carbocycles. The highest BCUT2D eigenvalue weighted by Crippen LogP contribution is 2.13. The molecule has 0 bridgehead atoms. The second-order valence-electron chi connectivity index (χ2n) is 5.10.